The molecule has 0 saturated heterocycles. The number of allylic oxidation sites excluding steroid dienone is 4. The van der Waals surface area contributed by atoms with E-state index in [4.69, 9.17) is 9.47 Å². The molecular formula is C23H20N2O2. The third kappa shape index (κ3) is 3.45. The smallest absolute Gasteiger partial charge is 0.161 e. The molecule has 0 aliphatic heterocycles. The van der Waals surface area contributed by atoms with Crippen molar-refractivity contribution < 1.29 is 9.47 Å². The topological polar surface area (TPSA) is 47.1 Å². The van der Waals surface area contributed by atoms with Crippen LogP contribution in [0.3, 0.4) is 0 Å². The van der Waals surface area contributed by atoms with Crippen LogP contribution < -0.4 is 9.47 Å². The predicted molar refractivity (Wildman–Crippen MR) is 108 cm³/mol. The van der Waals surface area contributed by atoms with E-state index in [9.17, 15) is 0 Å². The van der Waals surface area contributed by atoms with Crippen molar-refractivity contribution in [3.8, 4) is 34.5 Å². The lowest BCUT2D eigenvalue weighted by atomic mass is 10.0. The highest BCUT2D eigenvalue weighted by molar-refractivity contribution is 5.87. The summed E-state index contributed by atoms with van der Waals surface area (Å²) in [7, 11) is 3.27. The molecule has 1 unspecified atom stereocenters. The molecule has 4 rings (SSSR count). The first-order valence-electron chi connectivity index (χ1n) is 8.83. The second-order valence-corrected chi connectivity index (χ2v) is 6.32. The van der Waals surface area contributed by atoms with Crippen molar-refractivity contribution in [1.29, 1.82) is 0 Å². The maximum Gasteiger partial charge on any atom is 0.161 e. The molecule has 0 radical (unpaired) electrons. The van der Waals surface area contributed by atoms with E-state index in [2.05, 4.69) is 52.2 Å². The number of aromatic nitrogens is 2. The van der Waals surface area contributed by atoms with Gasteiger partial charge < -0.3 is 14.5 Å². The molecule has 1 aliphatic rings. The third-order valence-electron chi connectivity index (χ3n) is 4.62. The van der Waals surface area contributed by atoms with Crippen LogP contribution in [-0.4, -0.2) is 24.2 Å². The number of nitrogens with zero attached hydrogens (tertiary/aromatic N) is 1. The van der Waals surface area contributed by atoms with E-state index in [-0.39, 0.29) is 5.92 Å². The van der Waals surface area contributed by atoms with Gasteiger partial charge in [0.05, 0.1) is 19.8 Å². The Hall–Kier alpha value is -3.45. The summed E-state index contributed by atoms with van der Waals surface area (Å²) < 4.78 is 10.7. The zero-order chi connectivity index (χ0) is 18.6. The second kappa shape index (κ2) is 7.43. The Morgan fingerprint density at radius 3 is 2.74 bits per heavy atom. The number of pyridine rings is 1. The Morgan fingerprint density at radius 1 is 1.07 bits per heavy atom. The molecule has 27 heavy (non-hydrogen) atoms. The number of hydrogen-bond acceptors (Lipinski definition) is 3. The average molecular weight is 356 g/mol. The van der Waals surface area contributed by atoms with Crippen molar-refractivity contribution in [1.82, 2.24) is 9.97 Å². The first-order valence-corrected chi connectivity index (χ1v) is 8.83. The SMILES string of the molecule is COc1ccc(-c2cnc3[nH]cc(C#CC4C=CC=CC4)c3c2)cc1OC. The van der Waals surface area contributed by atoms with E-state index >= 15 is 0 Å². The number of nitrogens with one attached hydrogen (secondary N) is 1. The lowest BCUT2D eigenvalue weighted by molar-refractivity contribution is 0.355. The van der Waals surface area contributed by atoms with Gasteiger partial charge in [0, 0.05) is 29.3 Å². The number of hydrogen-bond donors (Lipinski definition) is 1. The molecule has 0 saturated carbocycles. The number of methoxy groups -OCH3 is 2. The van der Waals surface area contributed by atoms with Gasteiger partial charge in [-0.25, -0.2) is 4.98 Å². The van der Waals surface area contributed by atoms with Crippen LogP contribution in [-0.2, 0) is 0 Å². The molecule has 3 aromatic rings. The number of benzene rings is 1. The summed E-state index contributed by atoms with van der Waals surface area (Å²) in [5.74, 6) is 8.31. The Balaban J connectivity index is 1.71. The van der Waals surface area contributed by atoms with Crippen molar-refractivity contribution in [2.24, 2.45) is 5.92 Å². The summed E-state index contributed by atoms with van der Waals surface area (Å²) in [5.41, 5.74) is 3.82. The summed E-state index contributed by atoms with van der Waals surface area (Å²) in [4.78, 5) is 7.76. The lowest BCUT2D eigenvalue weighted by Crippen LogP contribution is -1.92. The van der Waals surface area contributed by atoms with E-state index in [1.807, 2.05) is 30.6 Å². The molecule has 0 spiro atoms. The highest BCUT2D eigenvalue weighted by atomic mass is 16.5. The van der Waals surface area contributed by atoms with E-state index in [1.54, 1.807) is 14.2 Å². The van der Waals surface area contributed by atoms with Crippen LogP contribution in [0.1, 0.15) is 12.0 Å². The quantitative estimate of drug-likeness (QED) is 0.690. The zero-order valence-corrected chi connectivity index (χ0v) is 15.3. The molecule has 2 aromatic heterocycles. The standard InChI is InChI=1S/C23H20N2O2/c1-26-21-11-10-17(13-22(21)27-2)19-12-20-18(14-24-23(20)25-15-19)9-8-16-6-4-3-5-7-16/h3-6,10-16H,7H2,1-2H3,(H,24,25). The average Bonchev–Trinajstić information content (AvgIpc) is 3.14. The highest BCUT2D eigenvalue weighted by Gasteiger charge is 2.10. The van der Waals surface area contributed by atoms with Crippen LogP contribution >= 0.6 is 0 Å². The molecule has 1 N–H and O–H groups in total. The fourth-order valence-electron chi connectivity index (χ4n) is 3.14. The first-order chi connectivity index (χ1) is 13.3. The molecule has 4 heteroatoms. The van der Waals surface area contributed by atoms with Crippen LogP contribution in [0.5, 0.6) is 11.5 Å². The predicted octanol–water partition coefficient (Wildman–Crippen LogP) is 4.73. The van der Waals surface area contributed by atoms with Gasteiger partial charge in [-0.3, -0.25) is 0 Å². The van der Waals surface area contributed by atoms with Gasteiger partial charge in [0.15, 0.2) is 11.5 Å². The molecule has 0 fully saturated rings. The Labute approximate surface area is 158 Å². The maximum atomic E-state index is 5.41. The molecule has 4 nitrogen and oxygen atoms in total. The number of rotatable bonds is 3. The summed E-state index contributed by atoms with van der Waals surface area (Å²) in [5, 5.41) is 1.02. The van der Waals surface area contributed by atoms with Crippen molar-refractivity contribution in [3.63, 3.8) is 0 Å². The number of ether oxygens (including phenoxy) is 2. The van der Waals surface area contributed by atoms with Crippen LogP contribution in [0, 0.1) is 17.8 Å². The van der Waals surface area contributed by atoms with Gasteiger partial charge in [0.1, 0.15) is 5.65 Å². The third-order valence-corrected chi connectivity index (χ3v) is 4.62. The van der Waals surface area contributed by atoms with Gasteiger partial charge in [0.25, 0.3) is 0 Å². The van der Waals surface area contributed by atoms with E-state index in [0.29, 0.717) is 11.5 Å². The minimum absolute atomic E-state index is 0.266. The number of aromatic amines is 1. The van der Waals surface area contributed by atoms with E-state index in [0.717, 1.165) is 34.1 Å². The van der Waals surface area contributed by atoms with Crippen LogP contribution in [0.15, 0.2) is 61.0 Å². The van der Waals surface area contributed by atoms with Crippen molar-refractivity contribution in [2.75, 3.05) is 14.2 Å². The van der Waals surface area contributed by atoms with E-state index < -0.39 is 0 Å². The van der Waals surface area contributed by atoms with Gasteiger partial charge in [-0.15, -0.1) is 0 Å². The maximum absolute atomic E-state index is 5.41. The molecule has 0 amide bonds. The van der Waals surface area contributed by atoms with Gasteiger partial charge in [0.2, 0.25) is 0 Å². The lowest BCUT2D eigenvalue weighted by Gasteiger charge is -2.09. The molecule has 1 aromatic carbocycles. The monoisotopic (exact) mass is 356 g/mol. The fraction of sp³-hybridized carbons (Fsp3) is 0.174. The van der Waals surface area contributed by atoms with Crippen LogP contribution in [0.2, 0.25) is 0 Å². The first kappa shape index (κ1) is 17.0. The van der Waals surface area contributed by atoms with Gasteiger partial charge in [-0.05, 0) is 30.2 Å². The van der Waals surface area contributed by atoms with Crippen molar-refractivity contribution in [3.05, 3.63) is 66.5 Å². The highest BCUT2D eigenvalue weighted by Crippen LogP contribution is 2.33. The molecule has 1 atom stereocenters. The summed E-state index contributed by atoms with van der Waals surface area (Å²) >= 11 is 0. The summed E-state index contributed by atoms with van der Waals surface area (Å²) in [6.07, 6.45) is 13.1. The Bertz CT molecular complexity index is 1100. The van der Waals surface area contributed by atoms with Gasteiger partial charge in [-0.1, -0.05) is 42.2 Å². The molecule has 2 heterocycles. The largest absolute Gasteiger partial charge is 0.493 e. The second-order valence-electron chi connectivity index (χ2n) is 6.32. The van der Waals surface area contributed by atoms with Gasteiger partial charge >= 0.3 is 0 Å². The van der Waals surface area contributed by atoms with Gasteiger partial charge in [-0.2, -0.15) is 0 Å². The Kier molecular flexibility index (Phi) is 4.67. The minimum Gasteiger partial charge on any atom is -0.493 e. The number of fused-ring (bicyclic) bond motifs is 1. The summed E-state index contributed by atoms with van der Waals surface area (Å²) in [6, 6.07) is 7.97. The van der Waals surface area contributed by atoms with E-state index in [1.165, 1.54) is 0 Å². The summed E-state index contributed by atoms with van der Waals surface area (Å²) in [6.45, 7) is 0. The zero-order valence-electron chi connectivity index (χ0n) is 15.3. The van der Waals surface area contributed by atoms with Crippen LogP contribution in [0.25, 0.3) is 22.2 Å². The van der Waals surface area contributed by atoms with Crippen molar-refractivity contribution in [2.45, 2.75) is 6.42 Å². The number of H-pyrrole nitrogens is 1. The fourth-order valence-corrected chi connectivity index (χ4v) is 3.14. The van der Waals surface area contributed by atoms with Crippen LogP contribution in [0.4, 0.5) is 0 Å². The minimum atomic E-state index is 0.266. The van der Waals surface area contributed by atoms with Crippen molar-refractivity contribution >= 4 is 11.0 Å². The Morgan fingerprint density at radius 2 is 1.96 bits per heavy atom. The normalized spacial score (nSPS) is 15.4. The molecule has 134 valence electrons. The molecular weight excluding hydrogens is 336 g/mol. The molecule has 0 bridgehead atoms. The molecule has 1 aliphatic carbocycles.